The molecule has 1 unspecified atom stereocenters. The van der Waals surface area contributed by atoms with Gasteiger partial charge in [-0.1, -0.05) is 41.5 Å². The highest BCUT2D eigenvalue weighted by molar-refractivity contribution is 7.92. The Balaban J connectivity index is 2.09. The number of rotatable bonds is 5. The van der Waals surface area contributed by atoms with Gasteiger partial charge in [0.1, 0.15) is 16.8 Å². The van der Waals surface area contributed by atoms with E-state index >= 15 is 0 Å². The van der Waals surface area contributed by atoms with Crippen LogP contribution in [-0.4, -0.2) is 52.9 Å². The molecule has 0 spiro atoms. The summed E-state index contributed by atoms with van der Waals surface area (Å²) >= 11 is 0. The van der Waals surface area contributed by atoms with Gasteiger partial charge < -0.3 is 10.0 Å². The first kappa shape index (κ1) is 25.2. The molecule has 2 aromatic rings. The predicted octanol–water partition coefficient (Wildman–Crippen LogP) is 4.64. The minimum Gasteiger partial charge on any atom is -0.509 e. The summed E-state index contributed by atoms with van der Waals surface area (Å²) in [6.45, 7) is 12.6. The smallest absolute Gasteiger partial charge is 0.503 e. The van der Waals surface area contributed by atoms with E-state index in [-0.39, 0.29) is 34.2 Å². The summed E-state index contributed by atoms with van der Waals surface area (Å²) in [4.78, 5) is 19.6. The van der Waals surface area contributed by atoms with Gasteiger partial charge in [0.15, 0.2) is 5.82 Å². The molecule has 0 radical (unpaired) electrons. The van der Waals surface area contributed by atoms with Crippen LogP contribution in [0.1, 0.15) is 53.8 Å². The zero-order valence-electron chi connectivity index (χ0n) is 20.1. The van der Waals surface area contributed by atoms with Crippen molar-refractivity contribution in [2.45, 2.75) is 54.0 Å². The third kappa shape index (κ3) is 5.55. The zero-order valence-corrected chi connectivity index (χ0v) is 21.8. The van der Waals surface area contributed by atoms with Crippen LogP contribution in [0.15, 0.2) is 24.0 Å². The molecule has 0 saturated heterocycles. The predicted molar refractivity (Wildman–Crippen MR) is 131 cm³/mol. The van der Waals surface area contributed by atoms with Gasteiger partial charge in [0.2, 0.25) is 15.1 Å². The van der Waals surface area contributed by atoms with Crippen molar-refractivity contribution >= 4 is 45.4 Å². The van der Waals surface area contributed by atoms with Gasteiger partial charge in [-0.05, 0) is 33.9 Å². The summed E-state index contributed by atoms with van der Waals surface area (Å²) in [5.41, 5.74) is 0.205. The molecule has 0 fully saturated rings. The number of hydrogen-bond acceptors (Lipinski definition) is 6. The molecule has 2 atom stereocenters. The first-order valence-corrected chi connectivity index (χ1v) is 13.8. The Morgan fingerprint density at radius 1 is 1.21 bits per heavy atom. The Bertz CT molecular complexity index is 1300. The highest BCUT2D eigenvalue weighted by atomic mass is 32.2. The van der Waals surface area contributed by atoms with E-state index in [9.17, 15) is 22.9 Å². The number of carbonyl (C=O) groups is 1. The van der Waals surface area contributed by atoms with Gasteiger partial charge in [-0.3, -0.25) is 9.52 Å². The van der Waals surface area contributed by atoms with Gasteiger partial charge in [0.05, 0.1) is 18.0 Å². The first-order valence-electron chi connectivity index (χ1n) is 10.7. The lowest BCUT2D eigenvalue weighted by Gasteiger charge is -2.36. The van der Waals surface area contributed by atoms with Crippen molar-refractivity contribution in [3.8, 4) is 0 Å². The number of hydrogen-bond donors (Lipinski definition) is 3. The van der Waals surface area contributed by atoms with Crippen LogP contribution in [0.3, 0.4) is 0 Å². The van der Waals surface area contributed by atoms with Crippen molar-refractivity contribution in [3.63, 3.8) is 0 Å². The van der Waals surface area contributed by atoms with Gasteiger partial charge in [-0.2, -0.15) is 4.75 Å². The van der Waals surface area contributed by atoms with Crippen molar-refractivity contribution < 1.29 is 22.9 Å². The molecule has 180 valence electrons. The number of carbonyl (C=O) groups excluding carboxylic acids is 1. The molecule has 33 heavy (non-hydrogen) atoms. The minimum atomic E-state index is -3.49. The van der Waals surface area contributed by atoms with Crippen molar-refractivity contribution in [1.29, 1.82) is 0 Å². The van der Waals surface area contributed by atoms with Crippen LogP contribution in [0.5, 0.6) is 0 Å². The second-order valence-corrected chi connectivity index (χ2v) is 13.8. The summed E-state index contributed by atoms with van der Waals surface area (Å²) in [5, 5.41) is 11.4. The number of aromatic amines is 1. The number of H-pyrrole nitrogens is 1. The molecule has 2 heterocycles. The van der Waals surface area contributed by atoms with Crippen molar-refractivity contribution in [1.82, 2.24) is 14.6 Å². The third-order valence-electron chi connectivity index (χ3n) is 5.40. The first-order chi connectivity index (χ1) is 15.0. The maximum absolute atomic E-state index is 13.4. The van der Waals surface area contributed by atoms with Crippen LogP contribution in [-0.2, 0) is 19.4 Å². The number of aliphatic hydroxyl groups is 1. The van der Waals surface area contributed by atoms with Gasteiger partial charge in [0, 0.05) is 12.6 Å². The number of aromatic nitrogens is 2. The van der Waals surface area contributed by atoms with Gasteiger partial charge in [0.25, 0.3) is 5.91 Å². The van der Waals surface area contributed by atoms with Gasteiger partial charge >= 0.3 is 7.57 Å². The number of nitrogens with zero attached hydrogens (tertiary/aromatic N) is 2. The molecule has 1 aliphatic heterocycles. The standard InChI is InChI=1S/C22H31N4O5PS/c1-21(2,3)10-11-26-18(22(4,5)6)17(27)16(20(26)28)19-23-14-9-8-13(25-33(7,30)31)12-15(14)32(29)24-19/h8-9,12,18,25H,10-11H2,1-7H3,(H-,23,24,27,28,29)/p+1/t18-/m1/s1. The molecule has 9 nitrogen and oxygen atoms in total. The summed E-state index contributed by atoms with van der Waals surface area (Å²) in [6, 6.07) is 3.95. The molecule has 11 heteroatoms. The van der Waals surface area contributed by atoms with E-state index in [1.807, 2.05) is 20.8 Å². The Morgan fingerprint density at radius 2 is 1.85 bits per heavy atom. The normalized spacial score (nSPS) is 18.4. The lowest BCUT2D eigenvalue weighted by Crippen LogP contribution is -2.45. The Kier molecular flexibility index (Phi) is 6.41. The fraction of sp³-hybridized carbons (Fsp3) is 0.545. The largest absolute Gasteiger partial charge is 0.509 e. The maximum Gasteiger partial charge on any atom is 0.503 e. The maximum atomic E-state index is 13.4. The fourth-order valence-corrected chi connectivity index (χ4v) is 5.53. The third-order valence-corrected chi connectivity index (χ3v) is 7.22. The quantitative estimate of drug-likeness (QED) is 0.554. The van der Waals surface area contributed by atoms with Gasteiger partial charge in [-0.15, -0.1) is 0 Å². The topological polar surface area (TPSA) is 132 Å². The number of fused-ring (bicyclic) bond motifs is 1. The monoisotopic (exact) mass is 495 g/mol. The molecular weight excluding hydrogens is 463 g/mol. The number of aliphatic hydroxyl groups excluding tert-OH is 1. The second-order valence-electron chi connectivity index (χ2n) is 10.8. The van der Waals surface area contributed by atoms with Crippen LogP contribution in [0.25, 0.3) is 16.2 Å². The molecule has 0 bridgehead atoms. The Morgan fingerprint density at radius 3 is 2.39 bits per heavy atom. The number of anilines is 1. The number of sulfonamides is 1. The van der Waals surface area contributed by atoms with Gasteiger partial charge in [-0.25, -0.2) is 13.4 Å². The fourth-order valence-electron chi connectivity index (χ4n) is 3.91. The lowest BCUT2D eigenvalue weighted by atomic mass is 9.84. The number of amides is 1. The lowest BCUT2D eigenvalue weighted by molar-refractivity contribution is -0.127. The van der Waals surface area contributed by atoms with Crippen LogP contribution >= 0.6 is 7.57 Å². The molecule has 1 aromatic carbocycles. The van der Waals surface area contributed by atoms with E-state index in [4.69, 9.17) is 0 Å². The van der Waals surface area contributed by atoms with Crippen molar-refractivity contribution in [3.05, 3.63) is 29.8 Å². The summed E-state index contributed by atoms with van der Waals surface area (Å²) < 4.78 is 41.0. The average molecular weight is 496 g/mol. The second kappa shape index (κ2) is 8.40. The average Bonchev–Trinajstić information content (AvgIpc) is 2.88. The molecule has 3 rings (SSSR count). The minimum absolute atomic E-state index is 0.00167. The Labute approximate surface area is 195 Å². The molecule has 1 amide bonds. The van der Waals surface area contributed by atoms with Crippen LogP contribution in [0.2, 0.25) is 0 Å². The van der Waals surface area contributed by atoms with E-state index in [2.05, 4.69) is 35.2 Å². The summed E-state index contributed by atoms with van der Waals surface area (Å²) in [6.07, 6.45) is 1.78. The van der Waals surface area contributed by atoms with E-state index < -0.39 is 29.1 Å². The molecule has 3 N–H and O–H groups in total. The van der Waals surface area contributed by atoms with E-state index in [1.54, 1.807) is 4.90 Å². The number of benzene rings is 1. The molecule has 1 aliphatic rings. The molecular formula is C22H32N4O5PS+. The van der Waals surface area contributed by atoms with Crippen LogP contribution in [0, 0.1) is 10.8 Å². The SMILES string of the molecule is CC(C)(C)CCN1C(=O)C(c2nc3ccc(NS(C)(=O)=O)cc3[p+](=O)[nH]2)=C(O)[C@@H]1C(C)(C)C. The van der Waals surface area contributed by atoms with E-state index in [0.717, 1.165) is 12.7 Å². The molecule has 1 aromatic heterocycles. The van der Waals surface area contributed by atoms with Crippen LogP contribution < -0.4 is 4.72 Å². The molecule has 0 aliphatic carbocycles. The van der Waals surface area contributed by atoms with Crippen molar-refractivity contribution in [2.75, 3.05) is 17.5 Å². The highest BCUT2D eigenvalue weighted by Crippen LogP contribution is 2.41. The molecule has 0 saturated carbocycles. The highest BCUT2D eigenvalue weighted by Gasteiger charge is 2.47. The van der Waals surface area contributed by atoms with E-state index in [0.29, 0.717) is 17.2 Å². The zero-order chi connectivity index (χ0) is 24.9. The summed E-state index contributed by atoms with van der Waals surface area (Å²) in [5.74, 6) is -0.387. The van der Waals surface area contributed by atoms with Crippen LogP contribution in [0.4, 0.5) is 5.69 Å². The van der Waals surface area contributed by atoms with Crippen molar-refractivity contribution in [2.24, 2.45) is 10.8 Å². The summed E-state index contributed by atoms with van der Waals surface area (Å²) in [7, 11) is -5.72. The van der Waals surface area contributed by atoms with E-state index in [1.165, 1.54) is 18.2 Å². The number of nitrogens with one attached hydrogen (secondary N) is 2. The Hall–Kier alpha value is -2.45.